The standard InChI is InChI=1S/2C12H26N2.2CHO.Ru/c2*1-6-9-13-11(14-10-7-2)12(4,5)8-3;2*1-2;/h2*11H,6-10H2,1-5H3;2*1H;/q2*-2;2*-1;+6. The van der Waals surface area contributed by atoms with Gasteiger partial charge in [0.25, 0.3) is 0 Å². The Bertz CT molecular complexity index is 322. The Morgan fingerprint density at radius 2 is 0.697 bits per heavy atom. The zero-order valence-corrected chi connectivity index (χ0v) is 25.1. The minimum atomic E-state index is 0. The van der Waals surface area contributed by atoms with Crippen LogP contribution in [0.4, 0.5) is 0 Å². The van der Waals surface area contributed by atoms with Crippen molar-refractivity contribution < 1.29 is 29.1 Å². The molecular formula is C26H54N4O2Ru. The fraction of sp³-hybridized carbons (Fsp3) is 0.923. The molecule has 0 aromatic rings. The maximum atomic E-state index is 7.75. The smallest absolute Gasteiger partial charge is 0.677 e. The van der Waals surface area contributed by atoms with Gasteiger partial charge in [0.2, 0.25) is 0 Å². The van der Waals surface area contributed by atoms with Gasteiger partial charge < -0.3 is 30.9 Å². The van der Waals surface area contributed by atoms with Crippen LogP contribution in [-0.4, -0.2) is 52.1 Å². The minimum Gasteiger partial charge on any atom is -0.677 e. The molecule has 0 aromatic heterocycles. The van der Waals surface area contributed by atoms with Gasteiger partial charge in [-0.25, -0.2) is 12.3 Å². The third kappa shape index (κ3) is 24.7. The summed E-state index contributed by atoms with van der Waals surface area (Å²) >= 11 is 0. The molecule has 0 bridgehead atoms. The Kier molecular flexibility index (Phi) is 38.8. The minimum absolute atomic E-state index is 0. The number of rotatable bonds is 16. The number of hydrogen-bond donors (Lipinski definition) is 0. The molecule has 7 heteroatoms. The van der Waals surface area contributed by atoms with Gasteiger partial charge in [-0.1, -0.05) is 119 Å². The van der Waals surface area contributed by atoms with Gasteiger partial charge in [0.15, 0.2) is 0 Å². The fourth-order valence-corrected chi connectivity index (χ4v) is 2.47. The Balaban J connectivity index is -0.000000134. The number of nitrogens with zero attached hydrogens (tertiary/aromatic N) is 4. The molecule has 6 nitrogen and oxygen atoms in total. The Morgan fingerprint density at radius 1 is 0.515 bits per heavy atom. The average Bonchev–Trinajstić information content (AvgIpc) is 2.82. The van der Waals surface area contributed by atoms with E-state index in [-0.39, 0.29) is 42.6 Å². The van der Waals surface area contributed by atoms with E-state index in [0.717, 1.165) is 64.7 Å². The van der Waals surface area contributed by atoms with Gasteiger partial charge in [0.1, 0.15) is 0 Å². The van der Waals surface area contributed by atoms with Crippen LogP contribution in [0.1, 0.15) is 108 Å². The van der Waals surface area contributed by atoms with E-state index in [1.807, 2.05) is 0 Å². The fourth-order valence-electron chi connectivity index (χ4n) is 2.47. The SMILES string of the molecule is CCC[N-]C([N-]CCC)C(C)(C)CC.CCC[N-]C([N-]CCC)C(C)(C)CC.[CH-]=O.[CH-]=O.[Ru+6]. The maximum Gasteiger partial charge on any atom is 6.00 e. The summed E-state index contributed by atoms with van der Waals surface area (Å²) in [7, 11) is 0. The Hall–Kier alpha value is -0.197. The molecule has 0 radical (unpaired) electrons. The first-order valence-corrected chi connectivity index (χ1v) is 12.3. The van der Waals surface area contributed by atoms with E-state index in [1.54, 1.807) is 0 Å². The van der Waals surface area contributed by atoms with Gasteiger partial charge in [-0.2, -0.15) is 26.2 Å². The average molecular weight is 556 g/mol. The van der Waals surface area contributed by atoms with Crippen LogP contribution < -0.4 is 0 Å². The molecule has 0 fully saturated rings. The molecule has 0 aromatic carbocycles. The molecule has 0 amide bonds. The van der Waals surface area contributed by atoms with Gasteiger partial charge in [0.05, 0.1) is 0 Å². The first kappa shape index (κ1) is 42.9. The summed E-state index contributed by atoms with van der Waals surface area (Å²) in [6.45, 7) is 32.4. The van der Waals surface area contributed by atoms with E-state index in [4.69, 9.17) is 9.59 Å². The zero-order chi connectivity index (χ0) is 26.1. The molecule has 198 valence electrons. The summed E-state index contributed by atoms with van der Waals surface area (Å²) in [5, 5.41) is 18.6. The summed E-state index contributed by atoms with van der Waals surface area (Å²) in [4.78, 5) is 15.5. The van der Waals surface area contributed by atoms with Crippen molar-refractivity contribution in [1.82, 2.24) is 0 Å². The van der Waals surface area contributed by atoms with Crippen molar-refractivity contribution in [1.29, 1.82) is 0 Å². The quantitative estimate of drug-likeness (QED) is 0.109. The molecule has 0 N–H and O–H groups in total. The summed E-state index contributed by atoms with van der Waals surface area (Å²) in [6.07, 6.45) is 7.17. The van der Waals surface area contributed by atoms with E-state index in [1.165, 1.54) is 0 Å². The predicted molar refractivity (Wildman–Crippen MR) is 143 cm³/mol. The van der Waals surface area contributed by atoms with Crippen LogP contribution in [0, 0.1) is 10.8 Å². The molecule has 0 aliphatic rings. The summed E-state index contributed by atoms with van der Waals surface area (Å²) in [5.74, 6) is 0. The molecule has 0 atom stereocenters. The zero-order valence-electron chi connectivity index (χ0n) is 23.3. The monoisotopic (exact) mass is 556 g/mol. The summed E-state index contributed by atoms with van der Waals surface area (Å²) in [6, 6.07) is 0. The van der Waals surface area contributed by atoms with Crippen LogP contribution in [0.2, 0.25) is 0 Å². The molecule has 33 heavy (non-hydrogen) atoms. The van der Waals surface area contributed by atoms with Gasteiger partial charge in [-0.3, -0.25) is 13.6 Å². The molecule has 0 saturated carbocycles. The molecule has 0 aliphatic carbocycles. The summed E-state index contributed by atoms with van der Waals surface area (Å²) < 4.78 is 0. The van der Waals surface area contributed by atoms with Gasteiger partial charge in [-0.05, 0) is 0 Å². The number of carbonyl (C=O) groups excluding carboxylic acids is 2. The van der Waals surface area contributed by atoms with Crippen molar-refractivity contribution in [3.63, 3.8) is 0 Å². The second-order valence-corrected chi connectivity index (χ2v) is 9.06. The van der Waals surface area contributed by atoms with Crippen molar-refractivity contribution in [2.75, 3.05) is 26.2 Å². The second-order valence-electron chi connectivity index (χ2n) is 9.06. The molecule has 0 saturated heterocycles. The topological polar surface area (TPSA) is 90.5 Å². The molecule has 0 spiro atoms. The van der Waals surface area contributed by atoms with Crippen molar-refractivity contribution in [3.05, 3.63) is 21.3 Å². The van der Waals surface area contributed by atoms with E-state index in [9.17, 15) is 0 Å². The molecule has 0 rings (SSSR count). The normalized spacial score (nSPS) is 10.8. The second kappa shape index (κ2) is 29.8. The van der Waals surface area contributed by atoms with E-state index >= 15 is 0 Å². The molecule has 0 aliphatic heterocycles. The van der Waals surface area contributed by atoms with Crippen LogP contribution in [0.5, 0.6) is 0 Å². The Labute approximate surface area is 220 Å². The van der Waals surface area contributed by atoms with Gasteiger partial charge in [0, 0.05) is 0 Å². The van der Waals surface area contributed by atoms with Crippen molar-refractivity contribution in [2.45, 2.75) is 120 Å². The summed E-state index contributed by atoms with van der Waals surface area (Å²) in [5.41, 5.74) is 0.453. The van der Waals surface area contributed by atoms with Crippen LogP contribution in [0.25, 0.3) is 21.3 Å². The van der Waals surface area contributed by atoms with E-state index < -0.39 is 0 Å². The van der Waals surface area contributed by atoms with Crippen LogP contribution in [0.3, 0.4) is 0 Å². The Morgan fingerprint density at radius 3 is 0.818 bits per heavy atom. The van der Waals surface area contributed by atoms with Gasteiger partial charge in [-0.15, -0.1) is 0 Å². The first-order valence-electron chi connectivity index (χ1n) is 12.3. The number of hydrogen-bond acceptors (Lipinski definition) is 2. The van der Waals surface area contributed by atoms with E-state index in [2.05, 4.69) is 104 Å². The largest absolute Gasteiger partial charge is 6.00 e. The van der Waals surface area contributed by atoms with E-state index in [0.29, 0.717) is 0 Å². The van der Waals surface area contributed by atoms with Crippen LogP contribution in [-0.2, 0) is 29.1 Å². The molecule has 0 heterocycles. The third-order valence-corrected chi connectivity index (χ3v) is 5.32. The maximum absolute atomic E-state index is 7.75. The van der Waals surface area contributed by atoms with Crippen molar-refractivity contribution in [2.24, 2.45) is 10.8 Å². The first-order chi connectivity index (χ1) is 15.2. The molecular weight excluding hydrogens is 501 g/mol. The van der Waals surface area contributed by atoms with Crippen LogP contribution >= 0.6 is 0 Å². The van der Waals surface area contributed by atoms with Crippen molar-refractivity contribution in [3.8, 4) is 0 Å². The molecule has 0 unspecified atom stereocenters. The van der Waals surface area contributed by atoms with Crippen molar-refractivity contribution >= 4 is 13.6 Å². The van der Waals surface area contributed by atoms with Crippen LogP contribution in [0.15, 0.2) is 0 Å². The van der Waals surface area contributed by atoms with Gasteiger partial charge >= 0.3 is 19.5 Å². The third-order valence-electron chi connectivity index (χ3n) is 5.32. The predicted octanol–water partition coefficient (Wildman–Crippen LogP) is 8.08.